The Labute approximate surface area is 258 Å². The van der Waals surface area contributed by atoms with Crippen LogP contribution in [0, 0.1) is 0 Å². The highest BCUT2D eigenvalue weighted by atomic mass is 15.1. The summed E-state index contributed by atoms with van der Waals surface area (Å²) in [6.45, 7) is -2.90. The van der Waals surface area contributed by atoms with Crippen molar-refractivity contribution in [3.05, 3.63) is 157 Å². The van der Waals surface area contributed by atoms with Gasteiger partial charge in [-0.3, -0.25) is 4.57 Å². The number of fused-ring (bicyclic) bond motifs is 3. The van der Waals surface area contributed by atoms with Gasteiger partial charge in [0.1, 0.15) is 5.82 Å². The molecular formula is C41H30N2. The van der Waals surface area contributed by atoms with E-state index in [1.54, 1.807) is 10.6 Å². The fourth-order valence-electron chi connectivity index (χ4n) is 6.36. The monoisotopic (exact) mass is 555 g/mol. The maximum Gasteiger partial charge on any atom is 0.114 e. The predicted octanol–water partition coefficient (Wildman–Crippen LogP) is 10.9. The number of hydrogen-bond donors (Lipinski definition) is 0. The van der Waals surface area contributed by atoms with Crippen molar-refractivity contribution < 1.29 is 6.85 Å². The van der Waals surface area contributed by atoms with Gasteiger partial charge in [0.25, 0.3) is 0 Å². The number of para-hydroxylation sites is 2. The van der Waals surface area contributed by atoms with Crippen molar-refractivity contribution in [2.75, 3.05) is 0 Å². The fourth-order valence-corrected chi connectivity index (χ4v) is 6.36. The van der Waals surface area contributed by atoms with Crippen molar-refractivity contribution >= 4 is 32.6 Å². The molecule has 0 spiro atoms. The molecule has 0 amide bonds. The highest BCUT2D eigenvalue weighted by molar-refractivity contribution is 6.21. The molecule has 8 rings (SSSR count). The van der Waals surface area contributed by atoms with Crippen LogP contribution in [0.4, 0.5) is 0 Å². The summed E-state index contributed by atoms with van der Waals surface area (Å²) in [7, 11) is 0. The van der Waals surface area contributed by atoms with Gasteiger partial charge >= 0.3 is 0 Å². The fraction of sp³-hybridized carbons (Fsp3) is 0.0488. The van der Waals surface area contributed by atoms with E-state index in [1.165, 1.54) is 16.7 Å². The molecule has 2 heteroatoms. The molecule has 0 fully saturated rings. The molecular weight excluding hydrogens is 520 g/mol. The normalized spacial score (nSPS) is 13.8. The maximum absolute atomic E-state index is 8.57. The molecule has 7 aromatic carbocycles. The van der Waals surface area contributed by atoms with E-state index in [0.717, 1.165) is 38.2 Å². The Morgan fingerprint density at radius 1 is 0.512 bits per heavy atom. The molecule has 8 aromatic rings. The van der Waals surface area contributed by atoms with E-state index in [9.17, 15) is 0 Å². The number of rotatable bonds is 5. The van der Waals surface area contributed by atoms with E-state index in [0.29, 0.717) is 16.7 Å². The third-order valence-electron chi connectivity index (χ3n) is 8.30. The van der Waals surface area contributed by atoms with Crippen LogP contribution in [0.3, 0.4) is 0 Å². The van der Waals surface area contributed by atoms with Gasteiger partial charge < -0.3 is 0 Å². The van der Waals surface area contributed by atoms with Gasteiger partial charge in [-0.1, -0.05) is 134 Å². The number of imidazole rings is 1. The summed E-state index contributed by atoms with van der Waals surface area (Å²) in [5.74, 6) is -0.144. The first-order valence-electron chi connectivity index (χ1n) is 16.9. The Hall–Kier alpha value is -5.47. The van der Waals surface area contributed by atoms with Gasteiger partial charge in [-0.25, -0.2) is 4.98 Å². The van der Waals surface area contributed by atoms with Gasteiger partial charge in [-0.05, 0) is 79.2 Å². The molecule has 0 N–H and O–H groups in total. The Kier molecular flexibility index (Phi) is 4.95. The van der Waals surface area contributed by atoms with Crippen molar-refractivity contribution in [2.24, 2.45) is 0 Å². The second kappa shape index (κ2) is 10.4. The van der Waals surface area contributed by atoms with Crippen LogP contribution < -0.4 is 0 Å². The molecule has 2 nitrogen and oxygen atoms in total. The van der Waals surface area contributed by atoms with Gasteiger partial charge in [-0.2, -0.15) is 0 Å². The van der Waals surface area contributed by atoms with Crippen molar-refractivity contribution in [2.45, 2.75) is 13.2 Å². The van der Waals surface area contributed by atoms with Crippen molar-refractivity contribution in [3.63, 3.8) is 0 Å². The van der Waals surface area contributed by atoms with E-state index in [-0.39, 0.29) is 5.82 Å². The first kappa shape index (κ1) is 20.4. The average molecular weight is 556 g/mol. The van der Waals surface area contributed by atoms with Crippen LogP contribution >= 0.6 is 0 Å². The van der Waals surface area contributed by atoms with Crippen LogP contribution in [-0.4, -0.2) is 9.55 Å². The van der Waals surface area contributed by atoms with Gasteiger partial charge in [0, 0.05) is 18.9 Å². The number of hydrogen-bond acceptors (Lipinski definition) is 1. The third-order valence-corrected chi connectivity index (χ3v) is 8.30. The van der Waals surface area contributed by atoms with Gasteiger partial charge in [0.05, 0.1) is 11.0 Å². The summed E-state index contributed by atoms with van der Waals surface area (Å²) in [4.78, 5) is 4.48. The van der Waals surface area contributed by atoms with E-state index < -0.39 is 13.2 Å². The zero-order chi connectivity index (χ0) is 33.0. The number of nitrogens with zero attached hydrogens (tertiary/aromatic N) is 2. The van der Waals surface area contributed by atoms with Gasteiger partial charge in [0.15, 0.2) is 0 Å². The maximum atomic E-state index is 8.57. The Morgan fingerprint density at radius 3 is 1.56 bits per heavy atom. The second-order valence-corrected chi connectivity index (χ2v) is 10.7. The highest BCUT2D eigenvalue weighted by Gasteiger charge is 2.17. The van der Waals surface area contributed by atoms with Crippen LogP contribution in [0.5, 0.6) is 0 Å². The largest absolute Gasteiger partial charge is 0.296 e. The van der Waals surface area contributed by atoms with Crippen LogP contribution in [0.2, 0.25) is 0 Å². The number of aromatic nitrogens is 2. The third kappa shape index (κ3) is 4.23. The molecule has 0 radical (unpaired) electrons. The summed E-state index contributed by atoms with van der Waals surface area (Å²) in [5.41, 5.74) is 8.61. The topological polar surface area (TPSA) is 17.8 Å². The quantitative estimate of drug-likeness (QED) is 0.193. The summed E-state index contributed by atoms with van der Waals surface area (Å²) in [6, 6.07) is 51.3. The van der Waals surface area contributed by atoms with E-state index in [1.807, 2.05) is 48.5 Å². The molecule has 0 aliphatic heterocycles. The lowest BCUT2D eigenvalue weighted by atomic mass is 9.85. The predicted molar refractivity (Wildman–Crippen MR) is 182 cm³/mol. The molecule has 1 heterocycles. The lowest BCUT2D eigenvalue weighted by Gasteiger charge is -2.18. The van der Waals surface area contributed by atoms with Crippen LogP contribution in [0.15, 0.2) is 152 Å². The Bertz CT molecular complexity index is 2390. The summed E-state index contributed by atoms with van der Waals surface area (Å²) in [5, 5.41) is 4.55. The smallest absolute Gasteiger partial charge is 0.114 e. The molecule has 0 aliphatic carbocycles. The summed E-state index contributed by atoms with van der Waals surface area (Å²) in [6.07, 6.45) is -2.66. The van der Waals surface area contributed by atoms with Crippen molar-refractivity contribution in [1.29, 1.82) is 0 Å². The molecule has 1 aromatic heterocycles. The van der Waals surface area contributed by atoms with E-state index >= 15 is 0 Å². The minimum atomic E-state index is -2.90. The first-order valence-corrected chi connectivity index (χ1v) is 14.4. The molecule has 0 saturated carbocycles. The van der Waals surface area contributed by atoms with E-state index in [4.69, 9.17) is 6.85 Å². The standard InChI is InChI=1S/C41H30N2/c1-2-39-42-37-18-10-11-19-38(37)43(39)32-26-24-31(25-27-32)41-35-16-8-6-14-33(35)40(34-15-7-9-17-36(34)41)30-22-20-29(21-23-30)28-12-4-3-5-13-28/h3-27H,2H2,1H3/i1D3,2D2. The SMILES string of the molecule is [2H]C([2H])([2H])C([2H])([2H])c1nc2ccccc2n1-c1ccc(-c2c3ccccc3c(-c3ccc(-c4ccccc4)cc3)c3ccccc23)cc1. The zero-order valence-corrected chi connectivity index (χ0v) is 23.3. The molecule has 0 bridgehead atoms. The Balaban J connectivity index is 1.30. The molecule has 204 valence electrons. The first-order chi connectivity index (χ1) is 23.2. The van der Waals surface area contributed by atoms with Gasteiger partial charge in [0.2, 0.25) is 0 Å². The minimum Gasteiger partial charge on any atom is -0.296 e. The summed E-state index contributed by atoms with van der Waals surface area (Å²) < 4.78 is 42.6. The van der Waals surface area contributed by atoms with Crippen LogP contribution in [0.25, 0.3) is 71.6 Å². The zero-order valence-electron chi connectivity index (χ0n) is 28.3. The molecule has 0 aliphatic rings. The molecule has 43 heavy (non-hydrogen) atoms. The molecule has 0 atom stereocenters. The molecule has 0 unspecified atom stereocenters. The lowest BCUT2D eigenvalue weighted by molar-refractivity contribution is 0.908. The highest BCUT2D eigenvalue weighted by Crippen LogP contribution is 2.44. The molecule has 0 saturated heterocycles. The van der Waals surface area contributed by atoms with Crippen LogP contribution in [0.1, 0.15) is 19.5 Å². The number of aryl methyl sites for hydroxylation is 1. The second-order valence-electron chi connectivity index (χ2n) is 10.7. The lowest BCUT2D eigenvalue weighted by Crippen LogP contribution is -2.00. The van der Waals surface area contributed by atoms with Crippen molar-refractivity contribution in [1.82, 2.24) is 9.55 Å². The minimum absolute atomic E-state index is 0.144. The Morgan fingerprint density at radius 2 is 0.977 bits per heavy atom. The summed E-state index contributed by atoms with van der Waals surface area (Å²) >= 11 is 0. The van der Waals surface area contributed by atoms with E-state index in [2.05, 4.69) is 102 Å². The number of benzene rings is 7. The average Bonchev–Trinajstić information content (AvgIpc) is 3.51. The van der Waals surface area contributed by atoms with Gasteiger partial charge in [-0.15, -0.1) is 0 Å². The van der Waals surface area contributed by atoms with Crippen LogP contribution in [-0.2, 0) is 6.37 Å². The van der Waals surface area contributed by atoms with Crippen molar-refractivity contribution in [3.8, 4) is 39.1 Å².